The Morgan fingerprint density at radius 2 is 2.05 bits per heavy atom. The second-order valence-corrected chi connectivity index (χ2v) is 6.12. The minimum atomic E-state index is -0.482. The van der Waals surface area contributed by atoms with E-state index in [1.807, 2.05) is 32.0 Å². The van der Waals surface area contributed by atoms with E-state index in [-0.39, 0.29) is 11.8 Å². The third-order valence-corrected chi connectivity index (χ3v) is 3.67. The largest absolute Gasteiger partial charge is 0.368 e. The van der Waals surface area contributed by atoms with Crippen LogP contribution in [0.1, 0.15) is 33.3 Å². The van der Waals surface area contributed by atoms with Crippen LogP contribution in [-0.4, -0.2) is 31.1 Å². The molecule has 0 unspecified atom stereocenters. The number of nitrogens with one attached hydrogen (secondary N) is 1. The summed E-state index contributed by atoms with van der Waals surface area (Å²) in [4.78, 5) is 25.4. The molecule has 1 atom stereocenters. The zero-order chi connectivity index (χ0) is 16.3. The number of rotatable bonds is 5. The van der Waals surface area contributed by atoms with Gasteiger partial charge < -0.3 is 15.0 Å². The van der Waals surface area contributed by atoms with Gasteiger partial charge in [-0.1, -0.05) is 13.8 Å². The van der Waals surface area contributed by atoms with Gasteiger partial charge in [-0.25, -0.2) is 0 Å². The van der Waals surface area contributed by atoms with E-state index in [0.717, 1.165) is 23.4 Å². The molecule has 2 amide bonds. The monoisotopic (exact) mass is 304 g/mol. The van der Waals surface area contributed by atoms with E-state index in [1.54, 1.807) is 18.7 Å². The summed E-state index contributed by atoms with van der Waals surface area (Å²) in [5, 5.41) is 2.87. The molecule has 0 bridgehead atoms. The highest BCUT2D eigenvalue weighted by Gasteiger charge is 2.22. The number of anilines is 2. The molecule has 1 aliphatic heterocycles. The van der Waals surface area contributed by atoms with Crippen LogP contribution < -0.4 is 10.2 Å². The summed E-state index contributed by atoms with van der Waals surface area (Å²) >= 11 is 0. The summed E-state index contributed by atoms with van der Waals surface area (Å²) in [5.41, 5.74) is 2.77. The summed E-state index contributed by atoms with van der Waals surface area (Å²) in [6.07, 6.45) is 0.335. The number of ether oxygens (including phenoxy) is 1. The first-order valence-electron chi connectivity index (χ1n) is 7.72. The Morgan fingerprint density at radius 1 is 1.32 bits per heavy atom. The van der Waals surface area contributed by atoms with Crippen molar-refractivity contribution in [2.24, 2.45) is 5.92 Å². The van der Waals surface area contributed by atoms with Crippen molar-refractivity contribution in [1.82, 2.24) is 0 Å². The first-order chi connectivity index (χ1) is 10.4. The number of nitrogens with zero attached hydrogens (tertiary/aromatic N) is 1. The number of fused-ring (bicyclic) bond motifs is 1. The molecule has 0 spiro atoms. The standard InChI is InChI=1S/C17H24N2O3/c1-11(2)10-22-12(3)17(21)18-15-5-6-16-14(9-15)7-8-19(16)13(4)20/h5-6,9,11-12H,7-8,10H2,1-4H3,(H,18,21)/t12-/m0/s1. The number of hydrogen-bond acceptors (Lipinski definition) is 3. The maximum atomic E-state index is 12.1. The molecule has 22 heavy (non-hydrogen) atoms. The van der Waals surface area contributed by atoms with Gasteiger partial charge in [0.15, 0.2) is 0 Å². The number of hydrogen-bond donors (Lipinski definition) is 1. The van der Waals surface area contributed by atoms with Crippen LogP contribution in [0.15, 0.2) is 18.2 Å². The smallest absolute Gasteiger partial charge is 0.253 e. The van der Waals surface area contributed by atoms with E-state index in [0.29, 0.717) is 19.1 Å². The first kappa shape index (κ1) is 16.5. The second-order valence-electron chi connectivity index (χ2n) is 6.12. The molecule has 2 rings (SSSR count). The van der Waals surface area contributed by atoms with Crippen LogP contribution in [0, 0.1) is 5.92 Å². The van der Waals surface area contributed by atoms with E-state index < -0.39 is 6.10 Å². The molecule has 1 aromatic carbocycles. The molecule has 5 heteroatoms. The van der Waals surface area contributed by atoms with E-state index in [2.05, 4.69) is 5.32 Å². The van der Waals surface area contributed by atoms with Crippen LogP contribution in [0.4, 0.5) is 11.4 Å². The SMILES string of the molecule is CC(=O)N1CCc2cc(NC(=O)[C@H](C)OCC(C)C)ccc21. The van der Waals surface area contributed by atoms with Crippen molar-refractivity contribution in [2.45, 2.75) is 40.2 Å². The average molecular weight is 304 g/mol. The second kappa shape index (κ2) is 6.92. The molecule has 1 N–H and O–H groups in total. The summed E-state index contributed by atoms with van der Waals surface area (Å²) in [7, 11) is 0. The lowest BCUT2D eigenvalue weighted by Gasteiger charge is -2.16. The molecule has 120 valence electrons. The Labute approximate surface area is 131 Å². The van der Waals surface area contributed by atoms with Gasteiger partial charge in [-0.2, -0.15) is 0 Å². The highest BCUT2D eigenvalue weighted by atomic mass is 16.5. The van der Waals surface area contributed by atoms with Crippen molar-refractivity contribution in [2.75, 3.05) is 23.4 Å². The molecule has 0 fully saturated rings. The third kappa shape index (κ3) is 3.85. The molecule has 0 aliphatic carbocycles. The third-order valence-electron chi connectivity index (χ3n) is 3.67. The van der Waals surface area contributed by atoms with Gasteiger partial charge in [-0.05, 0) is 43.0 Å². The fourth-order valence-electron chi connectivity index (χ4n) is 2.46. The van der Waals surface area contributed by atoms with Gasteiger partial charge in [0.2, 0.25) is 5.91 Å². The normalized spacial score (nSPS) is 14.9. The Hall–Kier alpha value is -1.88. The molecule has 1 aromatic rings. The fraction of sp³-hybridized carbons (Fsp3) is 0.529. The molecule has 1 aliphatic rings. The molecule has 0 aromatic heterocycles. The lowest BCUT2D eigenvalue weighted by Crippen LogP contribution is -2.29. The minimum absolute atomic E-state index is 0.0474. The van der Waals surface area contributed by atoms with Crippen molar-refractivity contribution in [3.63, 3.8) is 0 Å². The van der Waals surface area contributed by atoms with Gasteiger partial charge in [-0.3, -0.25) is 9.59 Å². The molecular formula is C17H24N2O3. The Bertz CT molecular complexity index is 569. The summed E-state index contributed by atoms with van der Waals surface area (Å²) in [5.74, 6) is 0.293. The van der Waals surface area contributed by atoms with Crippen molar-refractivity contribution in [3.8, 4) is 0 Å². The summed E-state index contributed by atoms with van der Waals surface area (Å²) in [6, 6.07) is 5.65. The van der Waals surface area contributed by atoms with Crippen LogP contribution >= 0.6 is 0 Å². The van der Waals surface area contributed by atoms with E-state index in [1.165, 1.54) is 0 Å². The first-order valence-corrected chi connectivity index (χ1v) is 7.72. The number of carbonyl (C=O) groups is 2. The van der Waals surface area contributed by atoms with E-state index in [4.69, 9.17) is 4.74 Å². The van der Waals surface area contributed by atoms with Crippen molar-refractivity contribution < 1.29 is 14.3 Å². The van der Waals surface area contributed by atoms with Crippen LogP contribution in [-0.2, 0) is 20.7 Å². The predicted octanol–water partition coefficient (Wildman–Crippen LogP) is 2.60. The Balaban J connectivity index is 2.00. The molecule has 0 saturated carbocycles. The number of benzene rings is 1. The number of amides is 2. The zero-order valence-electron chi connectivity index (χ0n) is 13.7. The van der Waals surface area contributed by atoms with Gasteiger partial charge in [0.1, 0.15) is 6.10 Å². The molecular weight excluding hydrogens is 280 g/mol. The van der Waals surface area contributed by atoms with Gasteiger partial charge >= 0.3 is 0 Å². The molecule has 5 nitrogen and oxygen atoms in total. The topological polar surface area (TPSA) is 58.6 Å². The average Bonchev–Trinajstić information content (AvgIpc) is 2.87. The van der Waals surface area contributed by atoms with Crippen LogP contribution in [0.5, 0.6) is 0 Å². The van der Waals surface area contributed by atoms with Gasteiger partial charge in [0.25, 0.3) is 5.91 Å². The van der Waals surface area contributed by atoms with E-state index >= 15 is 0 Å². The Morgan fingerprint density at radius 3 is 2.68 bits per heavy atom. The van der Waals surface area contributed by atoms with Gasteiger partial charge in [0.05, 0.1) is 0 Å². The highest BCUT2D eigenvalue weighted by Crippen LogP contribution is 2.30. The zero-order valence-corrected chi connectivity index (χ0v) is 13.7. The van der Waals surface area contributed by atoms with Gasteiger partial charge in [-0.15, -0.1) is 0 Å². The fourth-order valence-corrected chi connectivity index (χ4v) is 2.46. The minimum Gasteiger partial charge on any atom is -0.368 e. The molecule has 0 radical (unpaired) electrons. The maximum absolute atomic E-state index is 12.1. The quantitative estimate of drug-likeness (QED) is 0.909. The molecule has 0 saturated heterocycles. The lowest BCUT2D eigenvalue weighted by atomic mass is 10.1. The van der Waals surface area contributed by atoms with Crippen LogP contribution in [0.3, 0.4) is 0 Å². The lowest BCUT2D eigenvalue weighted by molar-refractivity contribution is -0.127. The Kier molecular flexibility index (Phi) is 5.19. The number of carbonyl (C=O) groups excluding carboxylic acids is 2. The van der Waals surface area contributed by atoms with Crippen molar-refractivity contribution >= 4 is 23.2 Å². The van der Waals surface area contributed by atoms with Gasteiger partial charge in [0, 0.05) is 31.5 Å². The molecule has 1 heterocycles. The van der Waals surface area contributed by atoms with Crippen LogP contribution in [0.2, 0.25) is 0 Å². The van der Waals surface area contributed by atoms with Crippen molar-refractivity contribution in [1.29, 1.82) is 0 Å². The van der Waals surface area contributed by atoms with Crippen molar-refractivity contribution in [3.05, 3.63) is 23.8 Å². The van der Waals surface area contributed by atoms with E-state index in [9.17, 15) is 9.59 Å². The van der Waals surface area contributed by atoms with Crippen LogP contribution in [0.25, 0.3) is 0 Å². The summed E-state index contributed by atoms with van der Waals surface area (Å²) < 4.78 is 5.51. The maximum Gasteiger partial charge on any atom is 0.253 e. The summed E-state index contributed by atoms with van der Waals surface area (Å²) in [6.45, 7) is 8.68. The highest BCUT2D eigenvalue weighted by molar-refractivity contribution is 5.96. The predicted molar refractivity (Wildman–Crippen MR) is 87.1 cm³/mol.